The molecule has 0 radical (unpaired) electrons. The molecule has 13 nitrogen and oxygen atoms in total. The summed E-state index contributed by atoms with van der Waals surface area (Å²) in [5, 5.41) is 34.6. The summed E-state index contributed by atoms with van der Waals surface area (Å²) >= 11 is 1.64. The summed E-state index contributed by atoms with van der Waals surface area (Å²) in [6.07, 6.45) is 2.60. The molecule has 2 fully saturated rings. The monoisotopic (exact) mass is 735 g/mol. The van der Waals surface area contributed by atoms with Crippen molar-refractivity contribution in [3.05, 3.63) is 102 Å². The van der Waals surface area contributed by atoms with E-state index >= 15 is 0 Å². The third-order valence-corrected chi connectivity index (χ3v) is 10.9. The normalized spacial score (nSPS) is 21.2. The molecular weight excluding hydrogens is 691 g/mol. The fraction of sp³-hybridized carbons (Fsp3) is 0.359. The number of aliphatic hydroxyl groups is 2. The lowest BCUT2D eigenvalue weighted by atomic mass is 9.91. The van der Waals surface area contributed by atoms with E-state index < -0.39 is 24.3 Å². The maximum Gasteiger partial charge on any atom is 0.319 e. The van der Waals surface area contributed by atoms with Gasteiger partial charge in [0.2, 0.25) is 11.9 Å². The Morgan fingerprint density at radius 3 is 2.28 bits per heavy atom. The van der Waals surface area contributed by atoms with Gasteiger partial charge in [-0.3, -0.25) is 4.79 Å². The van der Waals surface area contributed by atoms with Gasteiger partial charge < -0.3 is 40.9 Å². The van der Waals surface area contributed by atoms with E-state index in [1.807, 2.05) is 71.8 Å². The van der Waals surface area contributed by atoms with E-state index in [0.29, 0.717) is 61.1 Å². The summed E-state index contributed by atoms with van der Waals surface area (Å²) in [5.41, 5.74) is 4.04. The van der Waals surface area contributed by atoms with Crippen molar-refractivity contribution >= 4 is 52.3 Å². The molecule has 0 spiro atoms. The molecule has 7 rings (SSSR count). The third-order valence-electron chi connectivity index (χ3n) is 10.1. The van der Waals surface area contributed by atoms with Gasteiger partial charge in [-0.2, -0.15) is 9.97 Å². The van der Waals surface area contributed by atoms with Crippen molar-refractivity contribution in [1.82, 2.24) is 30.2 Å². The number of anilines is 3. The van der Waals surface area contributed by atoms with Crippen molar-refractivity contribution < 1.29 is 19.8 Å². The third kappa shape index (κ3) is 8.09. The number of carbonyl (C=O) groups excluding carboxylic acids is 2. The Balaban J connectivity index is 1.17. The van der Waals surface area contributed by atoms with Gasteiger partial charge in [0.25, 0.3) is 0 Å². The largest absolute Gasteiger partial charge is 0.388 e. The zero-order valence-corrected chi connectivity index (χ0v) is 30.5. The zero-order chi connectivity index (χ0) is 36.9. The van der Waals surface area contributed by atoms with E-state index in [4.69, 9.17) is 15.0 Å². The Bertz CT molecular complexity index is 1980. The number of fused-ring (bicyclic) bond motifs is 1. The Labute approximate surface area is 312 Å². The summed E-state index contributed by atoms with van der Waals surface area (Å²) in [4.78, 5) is 43.0. The first-order valence-electron chi connectivity index (χ1n) is 18.0. The number of aliphatic hydroxyl groups excluding tert-OH is 2. The SMILES string of the molecule is CCC(=O)N[C@H]1C[C@@H](n2cnc3c(NCC(c4ccccc4)c4ccccc4)nc(N4CC[C@@H](NC(=O)Nc5ccc(SC)cc5)C4)nc32)[C@H](O)[C@@H]1O. The van der Waals surface area contributed by atoms with Gasteiger partial charge in [-0.25, -0.2) is 9.78 Å². The lowest BCUT2D eigenvalue weighted by Gasteiger charge is -2.22. The van der Waals surface area contributed by atoms with Crippen molar-refractivity contribution in [2.45, 2.75) is 67.3 Å². The van der Waals surface area contributed by atoms with Crippen LogP contribution in [0.5, 0.6) is 0 Å². The summed E-state index contributed by atoms with van der Waals surface area (Å²) in [6, 6.07) is 26.7. The van der Waals surface area contributed by atoms with E-state index in [0.717, 1.165) is 16.0 Å². The number of rotatable bonds is 12. The molecule has 0 unspecified atom stereocenters. The molecule has 276 valence electrons. The molecule has 1 aliphatic carbocycles. The van der Waals surface area contributed by atoms with Gasteiger partial charge in [-0.1, -0.05) is 67.6 Å². The molecular formula is C39H45N9O4S. The summed E-state index contributed by atoms with van der Waals surface area (Å²) in [7, 11) is 0. The van der Waals surface area contributed by atoms with Crippen LogP contribution in [0.4, 0.5) is 22.2 Å². The van der Waals surface area contributed by atoms with Crippen LogP contribution < -0.4 is 26.2 Å². The predicted octanol–water partition coefficient (Wildman–Crippen LogP) is 4.75. The summed E-state index contributed by atoms with van der Waals surface area (Å²) < 4.78 is 1.78. The highest BCUT2D eigenvalue weighted by Gasteiger charge is 2.44. The number of nitrogens with zero attached hydrogens (tertiary/aromatic N) is 5. The van der Waals surface area contributed by atoms with Crippen LogP contribution in [0.1, 0.15) is 49.3 Å². The predicted molar refractivity (Wildman–Crippen MR) is 207 cm³/mol. The van der Waals surface area contributed by atoms with E-state index in [9.17, 15) is 19.8 Å². The summed E-state index contributed by atoms with van der Waals surface area (Å²) in [5.74, 6) is 0.809. The van der Waals surface area contributed by atoms with E-state index in [2.05, 4.69) is 45.5 Å². The number of imidazole rings is 1. The molecule has 2 aromatic heterocycles. The molecule has 1 saturated carbocycles. The van der Waals surface area contributed by atoms with Crippen LogP contribution in [-0.2, 0) is 4.79 Å². The minimum atomic E-state index is -1.15. The standard InChI is InChI=1S/C39H45N9O4S/c1-3-32(49)44-30-20-31(35(51)34(30)50)48-23-41-33-36(40-21-29(24-10-6-4-7-11-24)25-12-8-5-9-13-25)45-38(46-37(33)48)47-19-18-27(22-47)43-39(52)42-26-14-16-28(53-2)17-15-26/h4-17,23,27,29-31,34-35,50-51H,3,18-22H2,1-2H3,(H,44,49)(H,40,45,46)(H2,42,43,52)/t27-,30+,31-,34-,35+/m1/s1. The van der Waals surface area contributed by atoms with Crippen LogP contribution in [0.3, 0.4) is 0 Å². The Hall–Kier alpha value is -5.18. The molecule has 6 N–H and O–H groups in total. The number of amides is 3. The number of benzene rings is 3. The second-order valence-corrected chi connectivity index (χ2v) is 14.4. The van der Waals surface area contributed by atoms with Crippen LogP contribution in [0.15, 0.2) is 96.2 Å². The summed E-state index contributed by atoms with van der Waals surface area (Å²) in [6.45, 7) is 3.37. The lowest BCUT2D eigenvalue weighted by Crippen LogP contribution is -2.42. The van der Waals surface area contributed by atoms with Crippen molar-refractivity contribution in [2.75, 3.05) is 41.4 Å². The van der Waals surface area contributed by atoms with Crippen molar-refractivity contribution in [2.24, 2.45) is 0 Å². The topological polar surface area (TPSA) is 170 Å². The first-order chi connectivity index (χ1) is 25.8. The van der Waals surface area contributed by atoms with E-state index in [1.54, 1.807) is 29.6 Å². The number of nitrogens with one attached hydrogen (secondary N) is 4. The van der Waals surface area contributed by atoms with Crippen molar-refractivity contribution in [1.29, 1.82) is 0 Å². The quantitative estimate of drug-likeness (QED) is 0.0984. The maximum absolute atomic E-state index is 12.9. The van der Waals surface area contributed by atoms with Crippen molar-refractivity contribution in [3.8, 4) is 0 Å². The Kier molecular flexibility index (Phi) is 11.1. The molecule has 14 heteroatoms. The minimum Gasteiger partial charge on any atom is -0.388 e. The van der Waals surface area contributed by atoms with Gasteiger partial charge in [-0.15, -0.1) is 11.8 Å². The van der Waals surface area contributed by atoms with Gasteiger partial charge in [-0.05, 0) is 54.5 Å². The molecule has 0 bridgehead atoms. The molecule has 2 aliphatic rings. The van der Waals surface area contributed by atoms with Crippen LogP contribution in [0, 0.1) is 0 Å². The highest BCUT2D eigenvalue weighted by atomic mass is 32.2. The van der Waals surface area contributed by atoms with Crippen LogP contribution >= 0.6 is 11.8 Å². The fourth-order valence-corrected chi connectivity index (χ4v) is 7.64. The fourth-order valence-electron chi connectivity index (χ4n) is 7.23. The van der Waals surface area contributed by atoms with Crippen molar-refractivity contribution in [3.63, 3.8) is 0 Å². The van der Waals surface area contributed by atoms with Gasteiger partial charge in [0.1, 0.15) is 12.2 Å². The first kappa shape index (κ1) is 36.2. The molecule has 3 aromatic carbocycles. The van der Waals surface area contributed by atoms with Gasteiger partial charge in [0, 0.05) is 48.6 Å². The average molecular weight is 736 g/mol. The first-order valence-corrected chi connectivity index (χ1v) is 19.2. The average Bonchev–Trinajstić information content (AvgIpc) is 3.90. The van der Waals surface area contributed by atoms with E-state index in [1.165, 1.54) is 0 Å². The number of hydrogen-bond donors (Lipinski definition) is 6. The minimum absolute atomic E-state index is 0.0125. The van der Waals surface area contributed by atoms with Gasteiger partial charge >= 0.3 is 6.03 Å². The number of urea groups is 1. The number of hydrogen-bond acceptors (Lipinski definition) is 10. The molecule has 3 heterocycles. The highest BCUT2D eigenvalue weighted by molar-refractivity contribution is 7.98. The van der Waals surface area contributed by atoms with E-state index in [-0.39, 0.29) is 30.3 Å². The molecule has 5 aromatic rings. The second kappa shape index (κ2) is 16.2. The Morgan fingerprint density at radius 1 is 0.925 bits per heavy atom. The van der Waals surface area contributed by atoms with Crippen LogP contribution in [0.2, 0.25) is 0 Å². The number of aromatic nitrogens is 4. The van der Waals surface area contributed by atoms with Gasteiger partial charge in [0.15, 0.2) is 17.0 Å². The van der Waals surface area contributed by atoms with Crippen LogP contribution in [-0.4, -0.2) is 91.9 Å². The number of thioether (sulfide) groups is 1. The van der Waals surface area contributed by atoms with Crippen LogP contribution in [0.25, 0.3) is 11.2 Å². The second-order valence-electron chi connectivity index (χ2n) is 13.5. The highest BCUT2D eigenvalue weighted by Crippen LogP contribution is 2.35. The number of carbonyl (C=O) groups is 2. The molecule has 53 heavy (non-hydrogen) atoms. The molecule has 1 saturated heterocycles. The Morgan fingerprint density at radius 2 is 1.62 bits per heavy atom. The van der Waals surface area contributed by atoms with Gasteiger partial charge in [0.05, 0.1) is 18.4 Å². The molecule has 5 atom stereocenters. The lowest BCUT2D eigenvalue weighted by molar-refractivity contribution is -0.122. The zero-order valence-electron chi connectivity index (χ0n) is 29.7. The smallest absolute Gasteiger partial charge is 0.319 e. The molecule has 1 aliphatic heterocycles. The molecule has 3 amide bonds. The maximum atomic E-state index is 12.9.